The van der Waals surface area contributed by atoms with Gasteiger partial charge in [0, 0.05) is 11.6 Å². The average Bonchev–Trinajstić information content (AvgIpc) is 2.69. The van der Waals surface area contributed by atoms with Gasteiger partial charge in [0.2, 0.25) is 0 Å². The Morgan fingerprint density at radius 2 is 1.85 bits per heavy atom. The summed E-state index contributed by atoms with van der Waals surface area (Å²) in [6.45, 7) is 2.64. The monoisotopic (exact) mass is 380 g/mol. The van der Waals surface area contributed by atoms with E-state index in [0.717, 1.165) is 22.6 Å². The Morgan fingerprint density at radius 1 is 1.04 bits per heavy atom. The quantitative estimate of drug-likeness (QED) is 0.642. The highest BCUT2D eigenvalue weighted by atomic mass is 35.5. The number of carbonyl (C=O) groups is 1. The van der Waals surface area contributed by atoms with Gasteiger partial charge in [0.25, 0.3) is 5.91 Å². The van der Waals surface area contributed by atoms with E-state index in [1.54, 1.807) is 12.1 Å². The van der Waals surface area contributed by atoms with E-state index < -0.39 is 0 Å². The van der Waals surface area contributed by atoms with Crippen molar-refractivity contribution in [3.8, 4) is 0 Å². The van der Waals surface area contributed by atoms with Gasteiger partial charge in [-0.3, -0.25) is 4.79 Å². The van der Waals surface area contributed by atoms with Crippen LogP contribution in [0, 0.1) is 0 Å². The number of nitrogens with one attached hydrogen (secondary N) is 2. The molecule has 0 aliphatic rings. The van der Waals surface area contributed by atoms with Crippen LogP contribution in [0.15, 0.2) is 66.7 Å². The fourth-order valence-corrected chi connectivity index (χ4v) is 2.88. The molecule has 3 aromatic rings. The van der Waals surface area contributed by atoms with Gasteiger partial charge >= 0.3 is 0 Å². The number of aromatic nitrogens is 2. The summed E-state index contributed by atoms with van der Waals surface area (Å²) in [5, 5.41) is 15.0. The molecule has 3 rings (SSSR count). The molecule has 0 aliphatic carbocycles. The first kappa shape index (κ1) is 18.9. The maximum Gasteiger partial charge on any atom is 0.272 e. The lowest BCUT2D eigenvalue weighted by molar-refractivity contribution is 0.0934. The number of halogens is 1. The summed E-state index contributed by atoms with van der Waals surface area (Å²) in [7, 11) is 0. The minimum Gasteiger partial charge on any atom is -0.368 e. The fourth-order valence-electron chi connectivity index (χ4n) is 2.67. The topological polar surface area (TPSA) is 66.9 Å². The molecule has 2 aromatic carbocycles. The minimum absolute atomic E-state index is 0.101. The fraction of sp³-hybridized carbons (Fsp3) is 0.190. The molecule has 6 heteroatoms. The van der Waals surface area contributed by atoms with Crippen LogP contribution in [0.5, 0.6) is 0 Å². The van der Waals surface area contributed by atoms with Crippen LogP contribution in [0.4, 0.5) is 5.82 Å². The minimum atomic E-state index is -0.246. The van der Waals surface area contributed by atoms with Gasteiger partial charge in [-0.25, -0.2) is 0 Å². The smallest absolute Gasteiger partial charge is 0.272 e. The zero-order chi connectivity index (χ0) is 19.1. The molecule has 1 unspecified atom stereocenters. The van der Waals surface area contributed by atoms with Crippen molar-refractivity contribution < 1.29 is 4.79 Å². The van der Waals surface area contributed by atoms with Crippen LogP contribution in [0.25, 0.3) is 0 Å². The first-order valence-electron chi connectivity index (χ1n) is 8.79. The molecule has 1 heterocycles. The van der Waals surface area contributed by atoms with Crippen molar-refractivity contribution in [2.75, 3.05) is 11.9 Å². The highest BCUT2D eigenvalue weighted by Crippen LogP contribution is 2.13. The van der Waals surface area contributed by atoms with Crippen molar-refractivity contribution >= 4 is 23.3 Å². The first-order valence-corrected chi connectivity index (χ1v) is 9.17. The van der Waals surface area contributed by atoms with Crippen LogP contribution < -0.4 is 10.6 Å². The van der Waals surface area contributed by atoms with Crippen molar-refractivity contribution in [1.29, 1.82) is 0 Å². The Labute approximate surface area is 163 Å². The van der Waals surface area contributed by atoms with E-state index in [4.69, 9.17) is 11.6 Å². The highest BCUT2D eigenvalue weighted by Gasteiger charge is 2.12. The molecule has 138 valence electrons. The van der Waals surface area contributed by atoms with Gasteiger partial charge in [-0.15, -0.1) is 10.2 Å². The molecule has 1 aromatic heterocycles. The third kappa shape index (κ3) is 5.53. The molecule has 1 amide bonds. The van der Waals surface area contributed by atoms with Crippen molar-refractivity contribution in [1.82, 2.24) is 15.5 Å². The SMILES string of the molecule is CC(NC(=O)c1ccc(NCCc2cccc(Cl)c2)nn1)c1ccccc1. The van der Waals surface area contributed by atoms with Gasteiger partial charge in [0.05, 0.1) is 6.04 Å². The highest BCUT2D eigenvalue weighted by molar-refractivity contribution is 6.30. The molecule has 5 nitrogen and oxygen atoms in total. The van der Waals surface area contributed by atoms with E-state index in [-0.39, 0.29) is 17.6 Å². The largest absolute Gasteiger partial charge is 0.368 e. The lowest BCUT2D eigenvalue weighted by Gasteiger charge is -2.13. The summed E-state index contributed by atoms with van der Waals surface area (Å²) in [5.74, 6) is 0.383. The molecule has 0 bridgehead atoms. The van der Waals surface area contributed by atoms with Crippen LogP contribution in [0.2, 0.25) is 5.02 Å². The van der Waals surface area contributed by atoms with Gasteiger partial charge in [-0.2, -0.15) is 0 Å². The third-order valence-corrected chi connectivity index (χ3v) is 4.39. The van der Waals surface area contributed by atoms with E-state index in [1.807, 2.05) is 61.5 Å². The Balaban J connectivity index is 1.51. The Kier molecular flexibility index (Phi) is 6.39. The number of benzene rings is 2. The third-order valence-electron chi connectivity index (χ3n) is 4.15. The lowest BCUT2D eigenvalue weighted by Crippen LogP contribution is -2.27. The van der Waals surface area contributed by atoms with Crippen LogP contribution in [-0.2, 0) is 6.42 Å². The molecule has 27 heavy (non-hydrogen) atoms. The summed E-state index contributed by atoms with van der Waals surface area (Å²) in [6.07, 6.45) is 0.819. The molecule has 0 fully saturated rings. The average molecular weight is 381 g/mol. The second-order valence-corrected chi connectivity index (χ2v) is 6.65. The predicted molar refractivity (Wildman–Crippen MR) is 108 cm³/mol. The molecule has 2 N–H and O–H groups in total. The molecule has 0 saturated heterocycles. The van der Waals surface area contributed by atoms with Crippen LogP contribution in [-0.4, -0.2) is 22.6 Å². The zero-order valence-corrected chi connectivity index (χ0v) is 15.8. The molecule has 0 saturated carbocycles. The van der Waals surface area contributed by atoms with Crippen LogP contribution >= 0.6 is 11.6 Å². The zero-order valence-electron chi connectivity index (χ0n) is 15.0. The maximum atomic E-state index is 12.3. The normalized spacial score (nSPS) is 11.6. The number of hydrogen-bond donors (Lipinski definition) is 2. The van der Waals surface area contributed by atoms with E-state index >= 15 is 0 Å². The lowest BCUT2D eigenvalue weighted by atomic mass is 10.1. The van der Waals surface area contributed by atoms with Gasteiger partial charge in [0.15, 0.2) is 5.69 Å². The van der Waals surface area contributed by atoms with Crippen molar-refractivity contribution in [3.63, 3.8) is 0 Å². The summed E-state index contributed by atoms with van der Waals surface area (Å²) in [5.41, 5.74) is 2.48. The van der Waals surface area contributed by atoms with Crippen molar-refractivity contribution in [3.05, 3.63) is 88.6 Å². The van der Waals surface area contributed by atoms with E-state index in [1.165, 1.54) is 0 Å². The Bertz CT molecular complexity index is 884. The van der Waals surface area contributed by atoms with Crippen molar-refractivity contribution in [2.24, 2.45) is 0 Å². The molecular weight excluding hydrogens is 360 g/mol. The van der Waals surface area contributed by atoms with E-state index in [2.05, 4.69) is 20.8 Å². The summed E-state index contributed by atoms with van der Waals surface area (Å²) in [6, 6.07) is 20.9. The van der Waals surface area contributed by atoms with Gasteiger partial charge in [-0.05, 0) is 48.7 Å². The second kappa shape index (κ2) is 9.14. The summed E-state index contributed by atoms with van der Waals surface area (Å²) in [4.78, 5) is 12.3. The number of nitrogens with zero attached hydrogens (tertiary/aromatic N) is 2. The van der Waals surface area contributed by atoms with Gasteiger partial charge in [-0.1, -0.05) is 54.1 Å². The summed E-state index contributed by atoms with van der Waals surface area (Å²) >= 11 is 5.98. The molecule has 0 aliphatic heterocycles. The van der Waals surface area contributed by atoms with E-state index in [0.29, 0.717) is 12.4 Å². The number of carbonyl (C=O) groups excluding carboxylic acids is 1. The van der Waals surface area contributed by atoms with Gasteiger partial charge < -0.3 is 10.6 Å². The predicted octanol–water partition coefficient (Wildman–Crippen LogP) is 4.28. The number of rotatable bonds is 7. The second-order valence-electron chi connectivity index (χ2n) is 6.22. The van der Waals surface area contributed by atoms with E-state index in [9.17, 15) is 4.79 Å². The standard InChI is InChI=1S/C21H21ClN4O/c1-15(17-7-3-2-4-8-17)24-21(27)19-10-11-20(26-25-19)23-13-12-16-6-5-9-18(22)14-16/h2-11,14-15H,12-13H2,1H3,(H,23,26)(H,24,27). The Morgan fingerprint density at radius 3 is 2.56 bits per heavy atom. The number of hydrogen-bond acceptors (Lipinski definition) is 4. The number of anilines is 1. The van der Waals surface area contributed by atoms with Gasteiger partial charge in [0.1, 0.15) is 5.82 Å². The Hall–Kier alpha value is -2.92. The molecule has 1 atom stereocenters. The first-order chi connectivity index (χ1) is 13.1. The van der Waals surface area contributed by atoms with Crippen LogP contribution in [0.1, 0.15) is 34.6 Å². The molecule has 0 radical (unpaired) electrons. The molecule has 0 spiro atoms. The maximum absolute atomic E-state index is 12.3. The van der Waals surface area contributed by atoms with Crippen LogP contribution in [0.3, 0.4) is 0 Å². The van der Waals surface area contributed by atoms with Crippen molar-refractivity contribution in [2.45, 2.75) is 19.4 Å². The summed E-state index contributed by atoms with van der Waals surface area (Å²) < 4.78 is 0. The number of amides is 1. The molecular formula is C21H21ClN4O.